The third-order valence-corrected chi connectivity index (χ3v) is 4.87. The summed E-state index contributed by atoms with van der Waals surface area (Å²) in [6, 6.07) is 16.7. The molecule has 1 saturated heterocycles. The number of ketones is 1. The van der Waals surface area contributed by atoms with Crippen LogP contribution in [0.25, 0.3) is 0 Å². The van der Waals surface area contributed by atoms with Gasteiger partial charge in [-0.05, 0) is 63.6 Å². The number of benzene rings is 2. The molecule has 0 unspecified atom stereocenters. The molecule has 0 aliphatic carbocycles. The highest BCUT2D eigenvalue weighted by molar-refractivity contribution is 5.94. The van der Waals surface area contributed by atoms with Crippen LogP contribution in [0.5, 0.6) is 0 Å². The van der Waals surface area contributed by atoms with Gasteiger partial charge >= 0.3 is 0 Å². The molecule has 0 radical (unpaired) electrons. The summed E-state index contributed by atoms with van der Waals surface area (Å²) < 4.78 is 4.98. The van der Waals surface area contributed by atoms with Crippen LogP contribution >= 0.6 is 0 Å². The van der Waals surface area contributed by atoms with Gasteiger partial charge in [-0.1, -0.05) is 24.6 Å². The number of carbonyl (C=O) groups is 1. The lowest BCUT2D eigenvalue weighted by atomic mass is 10.1. The Bertz CT molecular complexity index is 698. The average Bonchev–Trinajstić information content (AvgIpc) is 2.73. The predicted molar refractivity (Wildman–Crippen MR) is 119 cm³/mol. The number of Topliss-reactive ketones (excluding diaryl/α,β-unsaturated/α-hetero) is 1. The first kappa shape index (κ1) is 22.0. The number of hydrogen-bond acceptors (Lipinski definition) is 4. The number of nitrogens with zero attached hydrogens (tertiary/aromatic N) is 2. The zero-order valence-corrected chi connectivity index (χ0v) is 17.8. The second kappa shape index (κ2) is 11.5. The molecule has 0 saturated carbocycles. The summed E-state index contributed by atoms with van der Waals surface area (Å²) in [6.45, 7) is 13.7. The Morgan fingerprint density at radius 2 is 1.32 bits per heavy atom. The summed E-state index contributed by atoms with van der Waals surface area (Å²) >= 11 is 0. The van der Waals surface area contributed by atoms with Crippen molar-refractivity contribution in [3.63, 3.8) is 0 Å². The monoisotopic (exact) mass is 382 g/mol. The Kier molecular flexibility index (Phi) is 9.02. The van der Waals surface area contributed by atoms with Gasteiger partial charge in [-0.3, -0.25) is 4.79 Å². The van der Waals surface area contributed by atoms with Gasteiger partial charge in [-0.2, -0.15) is 0 Å². The molecule has 0 atom stereocenters. The van der Waals surface area contributed by atoms with Crippen molar-refractivity contribution in [2.75, 3.05) is 49.2 Å². The number of ether oxygens (including phenoxy) is 1. The van der Waals surface area contributed by atoms with E-state index >= 15 is 0 Å². The highest BCUT2D eigenvalue weighted by Crippen LogP contribution is 2.21. The van der Waals surface area contributed by atoms with E-state index in [9.17, 15) is 4.79 Å². The maximum atomic E-state index is 11.3. The summed E-state index contributed by atoms with van der Waals surface area (Å²) in [5.74, 6) is 0.121. The van der Waals surface area contributed by atoms with E-state index in [1.165, 1.54) is 16.9 Å². The topological polar surface area (TPSA) is 32.8 Å². The quantitative estimate of drug-likeness (QED) is 0.522. The van der Waals surface area contributed by atoms with Gasteiger partial charge in [0.15, 0.2) is 5.78 Å². The maximum Gasteiger partial charge on any atom is 0.159 e. The van der Waals surface area contributed by atoms with Crippen molar-refractivity contribution >= 4 is 17.2 Å². The highest BCUT2D eigenvalue weighted by atomic mass is 16.5. The van der Waals surface area contributed by atoms with Crippen molar-refractivity contribution in [2.24, 2.45) is 0 Å². The molecule has 4 nitrogen and oxygen atoms in total. The first-order valence-electron chi connectivity index (χ1n) is 10.3. The van der Waals surface area contributed by atoms with Crippen LogP contribution in [0.15, 0.2) is 48.5 Å². The van der Waals surface area contributed by atoms with Gasteiger partial charge in [0.1, 0.15) is 0 Å². The Labute approximate surface area is 170 Å². The van der Waals surface area contributed by atoms with Crippen molar-refractivity contribution in [3.05, 3.63) is 59.7 Å². The van der Waals surface area contributed by atoms with Crippen LogP contribution in [0, 0.1) is 6.92 Å². The number of piperazine rings is 1. The largest absolute Gasteiger partial charge is 0.382 e. The third kappa shape index (κ3) is 6.68. The molecule has 0 spiro atoms. The van der Waals surface area contributed by atoms with Gasteiger partial charge in [0, 0.05) is 56.3 Å². The summed E-state index contributed by atoms with van der Waals surface area (Å²) in [5, 5.41) is 0. The minimum atomic E-state index is 0.121. The van der Waals surface area contributed by atoms with E-state index < -0.39 is 0 Å². The zero-order chi connectivity index (χ0) is 20.4. The fraction of sp³-hybridized carbons (Fsp3) is 0.458. The van der Waals surface area contributed by atoms with Crippen LogP contribution in [0.2, 0.25) is 0 Å². The van der Waals surface area contributed by atoms with Gasteiger partial charge < -0.3 is 14.5 Å². The van der Waals surface area contributed by atoms with E-state index in [0.717, 1.165) is 51.4 Å². The number of rotatable bonds is 6. The van der Waals surface area contributed by atoms with E-state index in [1.807, 2.05) is 19.1 Å². The number of anilines is 2. The molecule has 0 aromatic heterocycles. The van der Waals surface area contributed by atoms with Crippen LogP contribution in [0.3, 0.4) is 0 Å². The van der Waals surface area contributed by atoms with Gasteiger partial charge in [-0.25, -0.2) is 0 Å². The Morgan fingerprint density at radius 3 is 1.68 bits per heavy atom. The van der Waals surface area contributed by atoms with Crippen molar-refractivity contribution in [2.45, 2.75) is 34.1 Å². The second-order valence-electron chi connectivity index (χ2n) is 7.11. The van der Waals surface area contributed by atoms with Gasteiger partial charge in [0.05, 0.1) is 0 Å². The van der Waals surface area contributed by atoms with Gasteiger partial charge in [-0.15, -0.1) is 0 Å². The lowest BCUT2D eigenvalue weighted by Crippen LogP contribution is -2.46. The molecule has 1 aliphatic heterocycles. The molecule has 0 N–H and O–H groups in total. The van der Waals surface area contributed by atoms with Crippen molar-refractivity contribution < 1.29 is 9.53 Å². The molecule has 0 amide bonds. The van der Waals surface area contributed by atoms with Crippen molar-refractivity contribution in [1.82, 2.24) is 0 Å². The zero-order valence-electron chi connectivity index (χ0n) is 17.8. The normalized spacial score (nSPS) is 13.7. The van der Waals surface area contributed by atoms with Crippen LogP contribution in [-0.2, 0) is 4.74 Å². The summed E-state index contributed by atoms with van der Waals surface area (Å²) in [5.41, 5.74) is 4.58. The summed E-state index contributed by atoms with van der Waals surface area (Å²) in [6.07, 6.45) is 1.13. The smallest absolute Gasteiger partial charge is 0.159 e. The Balaban J connectivity index is 0.000000409. The molecule has 1 fully saturated rings. The summed E-state index contributed by atoms with van der Waals surface area (Å²) in [7, 11) is 0. The molecule has 1 aliphatic rings. The molecule has 152 valence electrons. The van der Waals surface area contributed by atoms with Crippen molar-refractivity contribution in [3.8, 4) is 0 Å². The molecule has 0 bridgehead atoms. The van der Waals surface area contributed by atoms with Crippen LogP contribution in [0.4, 0.5) is 11.4 Å². The van der Waals surface area contributed by atoms with E-state index in [-0.39, 0.29) is 5.78 Å². The maximum absolute atomic E-state index is 11.3. The lowest BCUT2D eigenvalue weighted by molar-refractivity contribution is 0.101. The van der Waals surface area contributed by atoms with E-state index in [2.05, 4.69) is 60.0 Å². The fourth-order valence-corrected chi connectivity index (χ4v) is 3.17. The SMILES string of the molecule is CC(=O)c1ccc(N2CCN(c3ccc(C)cc3)CC2)cc1.CCCOCC. The van der Waals surface area contributed by atoms with E-state index in [4.69, 9.17) is 4.74 Å². The van der Waals surface area contributed by atoms with Gasteiger partial charge in [0.2, 0.25) is 0 Å². The minimum absolute atomic E-state index is 0.121. The predicted octanol–water partition coefficient (Wildman–Crippen LogP) is 4.96. The first-order valence-corrected chi connectivity index (χ1v) is 10.3. The van der Waals surface area contributed by atoms with Crippen LogP contribution in [-0.4, -0.2) is 45.2 Å². The number of aryl methyl sites for hydroxylation is 1. The standard InChI is InChI=1S/C19H22N2O.C5H12O/c1-15-3-7-18(8-4-15)20-11-13-21(14-12-20)19-9-5-17(6-10-19)16(2)22;1-3-5-6-4-2/h3-10H,11-14H2,1-2H3;3-5H2,1-2H3. The fourth-order valence-electron chi connectivity index (χ4n) is 3.17. The molecule has 2 aromatic rings. The Hall–Kier alpha value is -2.33. The molecule has 3 rings (SSSR count). The van der Waals surface area contributed by atoms with Crippen molar-refractivity contribution in [1.29, 1.82) is 0 Å². The second-order valence-corrected chi connectivity index (χ2v) is 7.11. The highest BCUT2D eigenvalue weighted by Gasteiger charge is 2.17. The lowest BCUT2D eigenvalue weighted by Gasteiger charge is -2.37. The number of hydrogen-bond donors (Lipinski definition) is 0. The number of carbonyl (C=O) groups excluding carboxylic acids is 1. The molecule has 4 heteroatoms. The molecule has 28 heavy (non-hydrogen) atoms. The molecule has 2 aromatic carbocycles. The molecular weight excluding hydrogens is 348 g/mol. The van der Waals surface area contributed by atoms with Crippen LogP contribution < -0.4 is 9.80 Å². The first-order chi connectivity index (χ1) is 13.5. The van der Waals surface area contributed by atoms with Gasteiger partial charge in [0.25, 0.3) is 0 Å². The third-order valence-electron chi connectivity index (χ3n) is 4.87. The van der Waals surface area contributed by atoms with Crippen LogP contribution in [0.1, 0.15) is 43.1 Å². The average molecular weight is 383 g/mol. The summed E-state index contributed by atoms with van der Waals surface area (Å²) in [4.78, 5) is 16.2. The molecular formula is C24H34N2O2. The molecule has 1 heterocycles. The van der Waals surface area contributed by atoms with E-state index in [1.54, 1.807) is 6.92 Å². The Morgan fingerprint density at radius 1 is 0.857 bits per heavy atom. The van der Waals surface area contributed by atoms with E-state index in [0.29, 0.717) is 0 Å². The minimum Gasteiger partial charge on any atom is -0.382 e.